The molecule has 1 N–H and O–H groups in total. The summed E-state index contributed by atoms with van der Waals surface area (Å²) < 4.78 is 26.5. The van der Waals surface area contributed by atoms with Crippen molar-refractivity contribution in [3.63, 3.8) is 0 Å². The molecule has 20 heavy (non-hydrogen) atoms. The maximum Gasteiger partial charge on any atom is 0.150 e. The number of nitrogens with one attached hydrogen (secondary N) is 1. The number of halogens is 3. The standard InChI is InChI=1S/C14H15ClF2N2S/c1-14(2,3)11-7-20-12(19-11)6-18-13-9(15)4-8(16)5-10(13)17/h4-5,7,18H,6H2,1-3H3. The summed E-state index contributed by atoms with van der Waals surface area (Å²) in [7, 11) is 0. The second-order valence-corrected chi connectivity index (χ2v) is 6.82. The molecule has 1 aromatic heterocycles. The van der Waals surface area contributed by atoms with E-state index < -0.39 is 11.6 Å². The lowest BCUT2D eigenvalue weighted by molar-refractivity contribution is 0.571. The Morgan fingerprint density at radius 3 is 2.55 bits per heavy atom. The molecule has 0 aliphatic heterocycles. The van der Waals surface area contributed by atoms with Gasteiger partial charge in [0.15, 0.2) is 5.82 Å². The van der Waals surface area contributed by atoms with E-state index in [4.69, 9.17) is 11.6 Å². The van der Waals surface area contributed by atoms with Crippen LogP contribution < -0.4 is 5.32 Å². The molecule has 0 unspecified atom stereocenters. The first kappa shape index (κ1) is 15.2. The molecule has 2 nitrogen and oxygen atoms in total. The van der Waals surface area contributed by atoms with Gasteiger partial charge in [-0.3, -0.25) is 0 Å². The minimum absolute atomic E-state index is 0.0203. The van der Waals surface area contributed by atoms with E-state index in [2.05, 4.69) is 31.1 Å². The van der Waals surface area contributed by atoms with Crippen LogP contribution in [0.15, 0.2) is 17.5 Å². The third kappa shape index (κ3) is 3.46. The van der Waals surface area contributed by atoms with Gasteiger partial charge in [0, 0.05) is 16.9 Å². The second-order valence-electron chi connectivity index (χ2n) is 5.47. The number of benzene rings is 1. The smallest absolute Gasteiger partial charge is 0.150 e. The monoisotopic (exact) mass is 316 g/mol. The van der Waals surface area contributed by atoms with Crippen LogP contribution >= 0.6 is 22.9 Å². The van der Waals surface area contributed by atoms with Crippen LogP contribution in [0.4, 0.5) is 14.5 Å². The predicted octanol–water partition coefficient (Wildman–Crippen LogP) is 4.98. The Kier molecular flexibility index (Phi) is 4.30. The highest BCUT2D eigenvalue weighted by atomic mass is 35.5. The SMILES string of the molecule is CC(C)(C)c1csc(CNc2c(F)cc(F)cc2Cl)n1. The van der Waals surface area contributed by atoms with Crippen LogP contribution in [0, 0.1) is 11.6 Å². The maximum absolute atomic E-state index is 13.6. The molecular formula is C14H15ClF2N2S. The van der Waals surface area contributed by atoms with E-state index in [-0.39, 0.29) is 16.1 Å². The molecule has 0 saturated heterocycles. The first-order valence-electron chi connectivity index (χ1n) is 6.10. The van der Waals surface area contributed by atoms with Gasteiger partial charge in [-0.25, -0.2) is 13.8 Å². The van der Waals surface area contributed by atoms with Crippen LogP contribution in [0.2, 0.25) is 5.02 Å². The summed E-state index contributed by atoms with van der Waals surface area (Å²) in [5, 5.41) is 5.70. The number of hydrogen-bond donors (Lipinski definition) is 1. The molecule has 0 amide bonds. The van der Waals surface area contributed by atoms with Gasteiger partial charge in [-0.1, -0.05) is 32.4 Å². The van der Waals surface area contributed by atoms with Crippen LogP contribution in [0.3, 0.4) is 0 Å². The first-order chi connectivity index (χ1) is 9.27. The Morgan fingerprint density at radius 2 is 2.00 bits per heavy atom. The van der Waals surface area contributed by atoms with Crippen molar-refractivity contribution in [1.29, 1.82) is 0 Å². The number of hydrogen-bond acceptors (Lipinski definition) is 3. The van der Waals surface area contributed by atoms with Gasteiger partial charge in [0.1, 0.15) is 10.8 Å². The topological polar surface area (TPSA) is 24.9 Å². The zero-order chi connectivity index (χ0) is 14.9. The average molecular weight is 317 g/mol. The van der Waals surface area contributed by atoms with Crippen molar-refractivity contribution in [3.8, 4) is 0 Å². The lowest BCUT2D eigenvalue weighted by atomic mass is 9.93. The summed E-state index contributed by atoms with van der Waals surface area (Å²) in [6.45, 7) is 6.59. The van der Waals surface area contributed by atoms with Gasteiger partial charge < -0.3 is 5.32 Å². The van der Waals surface area contributed by atoms with Crippen molar-refractivity contribution in [2.45, 2.75) is 32.7 Å². The molecule has 0 aliphatic rings. The molecule has 2 rings (SSSR count). The molecule has 6 heteroatoms. The lowest BCUT2D eigenvalue weighted by Gasteiger charge is -2.14. The highest BCUT2D eigenvalue weighted by Crippen LogP contribution is 2.28. The fourth-order valence-electron chi connectivity index (χ4n) is 1.61. The van der Waals surface area contributed by atoms with Crippen molar-refractivity contribution in [2.75, 3.05) is 5.32 Å². The van der Waals surface area contributed by atoms with E-state index in [0.717, 1.165) is 22.8 Å². The van der Waals surface area contributed by atoms with Gasteiger partial charge in [-0.05, 0) is 6.07 Å². The highest BCUT2D eigenvalue weighted by Gasteiger charge is 2.17. The summed E-state index contributed by atoms with van der Waals surface area (Å²) in [6, 6.07) is 1.88. The molecule has 0 fully saturated rings. The van der Waals surface area contributed by atoms with E-state index >= 15 is 0 Å². The number of nitrogens with zero attached hydrogens (tertiary/aromatic N) is 1. The average Bonchev–Trinajstić information content (AvgIpc) is 2.75. The minimum atomic E-state index is -0.706. The fraction of sp³-hybridized carbons (Fsp3) is 0.357. The number of aromatic nitrogens is 1. The first-order valence-corrected chi connectivity index (χ1v) is 7.36. The third-order valence-corrected chi connectivity index (χ3v) is 3.89. The van der Waals surface area contributed by atoms with Crippen molar-refractivity contribution < 1.29 is 8.78 Å². The molecule has 1 aromatic carbocycles. The van der Waals surface area contributed by atoms with E-state index in [9.17, 15) is 8.78 Å². The summed E-state index contributed by atoms with van der Waals surface area (Å²) in [5.41, 5.74) is 1.07. The zero-order valence-corrected chi connectivity index (χ0v) is 13.0. The van der Waals surface area contributed by atoms with E-state index in [1.54, 1.807) is 0 Å². The molecule has 0 aliphatic carbocycles. The normalized spacial score (nSPS) is 11.7. The molecule has 0 radical (unpaired) electrons. The molecule has 2 aromatic rings. The van der Waals surface area contributed by atoms with Gasteiger partial charge in [0.05, 0.1) is 22.9 Å². The largest absolute Gasteiger partial charge is 0.375 e. The quantitative estimate of drug-likeness (QED) is 0.863. The number of thiazole rings is 1. The van der Waals surface area contributed by atoms with Gasteiger partial charge in [0.25, 0.3) is 0 Å². The third-order valence-electron chi connectivity index (χ3n) is 2.74. The van der Waals surface area contributed by atoms with Crippen LogP contribution in [0.5, 0.6) is 0 Å². The van der Waals surface area contributed by atoms with Gasteiger partial charge in [-0.15, -0.1) is 11.3 Å². The Bertz CT molecular complexity index is 597. The lowest BCUT2D eigenvalue weighted by Crippen LogP contribution is -2.12. The maximum atomic E-state index is 13.6. The van der Waals surface area contributed by atoms with E-state index in [1.807, 2.05) is 5.38 Å². The molecule has 108 valence electrons. The number of rotatable bonds is 3. The predicted molar refractivity (Wildman–Crippen MR) is 79.5 cm³/mol. The van der Waals surface area contributed by atoms with Crippen molar-refractivity contribution in [2.24, 2.45) is 0 Å². The minimum Gasteiger partial charge on any atom is -0.375 e. The summed E-state index contributed by atoms with van der Waals surface area (Å²) in [5.74, 6) is -1.40. The Labute approximate surface area is 125 Å². The van der Waals surface area contributed by atoms with Crippen LogP contribution in [-0.2, 0) is 12.0 Å². The van der Waals surface area contributed by atoms with Crippen LogP contribution in [-0.4, -0.2) is 4.98 Å². The van der Waals surface area contributed by atoms with Crippen molar-refractivity contribution in [1.82, 2.24) is 4.98 Å². The molecule has 0 bridgehead atoms. The molecule has 0 spiro atoms. The molecular weight excluding hydrogens is 302 g/mol. The zero-order valence-electron chi connectivity index (χ0n) is 11.4. The van der Waals surface area contributed by atoms with Gasteiger partial charge in [0.2, 0.25) is 0 Å². The molecule has 0 atom stereocenters. The molecule has 1 heterocycles. The summed E-state index contributed by atoms with van der Waals surface area (Å²) >= 11 is 7.32. The van der Waals surface area contributed by atoms with E-state index in [0.29, 0.717) is 6.54 Å². The van der Waals surface area contributed by atoms with E-state index in [1.165, 1.54) is 11.3 Å². The van der Waals surface area contributed by atoms with Crippen molar-refractivity contribution >= 4 is 28.6 Å². The number of anilines is 1. The summed E-state index contributed by atoms with van der Waals surface area (Å²) in [6.07, 6.45) is 0. The Morgan fingerprint density at radius 1 is 1.30 bits per heavy atom. The van der Waals surface area contributed by atoms with Crippen LogP contribution in [0.1, 0.15) is 31.5 Å². The van der Waals surface area contributed by atoms with Gasteiger partial charge >= 0.3 is 0 Å². The fourth-order valence-corrected chi connectivity index (χ4v) is 2.83. The van der Waals surface area contributed by atoms with Crippen molar-refractivity contribution in [3.05, 3.63) is 44.9 Å². The summed E-state index contributed by atoms with van der Waals surface area (Å²) in [4.78, 5) is 4.49. The van der Waals surface area contributed by atoms with Gasteiger partial charge in [-0.2, -0.15) is 0 Å². The second kappa shape index (κ2) is 5.66. The Balaban J connectivity index is 2.12. The molecule has 0 saturated carbocycles. The highest BCUT2D eigenvalue weighted by molar-refractivity contribution is 7.09. The van der Waals surface area contributed by atoms with Crippen LogP contribution in [0.25, 0.3) is 0 Å². The Hall–Kier alpha value is -1.20.